The largest absolute Gasteiger partial charge is 0.351 e. The fourth-order valence-corrected chi connectivity index (χ4v) is 4.12. The van der Waals surface area contributed by atoms with E-state index in [9.17, 15) is 18.0 Å². The van der Waals surface area contributed by atoms with E-state index in [1.165, 1.54) is 0 Å². The number of sulfone groups is 1. The van der Waals surface area contributed by atoms with Crippen LogP contribution in [0.15, 0.2) is 24.3 Å². The van der Waals surface area contributed by atoms with Crippen LogP contribution < -0.4 is 10.6 Å². The normalized spacial score (nSPS) is 19.6. The molecule has 0 saturated carbocycles. The van der Waals surface area contributed by atoms with Crippen LogP contribution in [0, 0.1) is 0 Å². The van der Waals surface area contributed by atoms with Gasteiger partial charge in [-0.15, -0.1) is 0 Å². The summed E-state index contributed by atoms with van der Waals surface area (Å²) in [5.74, 6) is -0.653. The van der Waals surface area contributed by atoms with E-state index in [4.69, 9.17) is 11.6 Å². The van der Waals surface area contributed by atoms with Crippen molar-refractivity contribution in [2.24, 2.45) is 0 Å². The zero-order valence-corrected chi connectivity index (χ0v) is 13.4. The Kier molecular flexibility index (Phi) is 5.42. The molecule has 1 fully saturated rings. The Morgan fingerprint density at radius 3 is 2.59 bits per heavy atom. The smallest absolute Gasteiger partial charge is 0.239 e. The minimum atomic E-state index is -3.03. The first-order valence-corrected chi connectivity index (χ1v) is 9.05. The third-order valence-corrected chi connectivity index (χ3v) is 5.49. The molecule has 1 saturated heterocycles. The average Bonchev–Trinajstić information content (AvgIpc) is 2.78. The van der Waals surface area contributed by atoms with Gasteiger partial charge in [-0.2, -0.15) is 0 Å². The number of hydrogen-bond donors (Lipinski definition) is 2. The summed E-state index contributed by atoms with van der Waals surface area (Å²) in [5.41, 5.74) is 0.684. The molecule has 1 aliphatic rings. The summed E-state index contributed by atoms with van der Waals surface area (Å²) >= 11 is 5.95. The molecule has 8 heteroatoms. The van der Waals surface area contributed by atoms with Crippen molar-refractivity contribution in [1.29, 1.82) is 0 Å². The van der Waals surface area contributed by atoms with Crippen LogP contribution in [0.4, 0.5) is 0 Å². The first kappa shape index (κ1) is 16.8. The van der Waals surface area contributed by atoms with Gasteiger partial charge in [0.1, 0.15) is 0 Å². The summed E-state index contributed by atoms with van der Waals surface area (Å²) in [4.78, 5) is 23.5. The summed E-state index contributed by atoms with van der Waals surface area (Å²) in [6, 6.07) is 6.62. The standard InChI is InChI=1S/C14H17ClN2O4S/c15-12-4-2-1-3-10(12)7-13(18)16-8-14(19)17-11-5-6-22(20,21)9-11/h1-4,11H,5-9H2,(H,16,18)(H,17,19). The summed E-state index contributed by atoms with van der Waals surface area (Å²) in [6.45, 7) is -0.181. The van der Waals surface area contributed by atoms with Crippen LogP contribution in [0.2, 0.25) is 5.02 Å². The Morgan fingerprint density at radius 2 is 1.95 bits per heavy atom. The number of rotatable bonds is 5. The third-order valence-electron chi connectivity index (χ3n) is 3.35. The molecular weight excluding hydrogens is 328 g/mol. The second-order valence-corrected chi connectivity index (χ2v) is 7.85. The molecule has 0 aliphatic carbocycles. The van der Waals surface area contributed by atoms with E-state index in [2.05, 4.69) is 10.6 Å². The van der Waals surface area contributed by atoms with Crippen LogP contribution >= 0.6 is 11.6 Å². The molecule has 2 N–H and O–H groups in total. The quantitative estimate of drug-likeness (QED) is 0.803. The van der Waals surface area contributed by atoms with Crippen molar-refractivity contribution in [2.45, 2.75) is 18.9 Å². The number of carbonyl (C=O) groups is 2. The van der Waals surface area contributed by atoms with Gasteiger partial charge in [-0.3, -0.25) is 9.59 Å². The van der Waals surface area contributed by atoms with Crippen molar-refractivity contribution in [2.75, 3.05) is 18.1 Å². The zero-order chi connectivity index (χ0) is 16.2. The van der Waals surface area contributed by atoms with Crippen LogP contribution in [0.1, 0.15) is 12.0 Å². The molecule has 2 amide bonds. The Hall–Kier alpha value is -1.60. The van der Waals surface area contributed by atoms with Crippen LogP contribution in [0.25, 0.3) is 0 Å². The zero-order valence-electron chi connectivity index (χ0n) is 11.8. The van der Waals surface area contributed by atoms with Gasteiger partial charge in [0.25, 0.3) is 0 Å². The maximum atomic E-state index is 11.8. The van der Waals surface area contributed by atoms with Crippen molar-refractivity contribution in [3.8, 4) is 0 Å². The molecule has 22 heavy (non-hydrogen) atoms. The average molecular weight is 345 g/mol. The fraction of sp³-hybridized carbons (Fsp3) is 0.429. The molecule has 120 valence electrons. The van der Waals surface area contributed by atoms with Gasteiger partial charge in [-0.05, 0) is 18.1 Å². The van der Waals surface area contributed by atoms with Crippen molar-refractivity contribution in [3.63, 3.8) is 0 Å². The maximum absolute atomic E-state index is 11.8. The number of amides is 2. The number of benzene rings is 1. The monoisotopic (exact) mass is 344 g/mol. The van der Waals surface area contributed by atoms with Gasteiger partial charge in [0.05, 0.1) is 24.5 Å². The van der Waals surface area contributed by atoms with Crippen LogP contribution in [-0.4, -0.2) is 44.3 Å². The first-order chi connectivity index (χ1) is 10.4. The minimum Gasteiger partial charge on any atom is -0.351 e. The highest BCUT2D eigenvalue weighted by Crippen LogP contribution is 2.15. The summed E-state index contributed by atoms with van der Waals surface area (Å²) in [5, 5.41) is 5.60. The van der Waals surface area contributed by atoms with Crippen molar-refractivity contribution < 1.29 is 18.0 Å². The van der Waals surface area contributed by atoms with Gasteiger partial charge < -0.3 is 10.6 Å². The Labute approximate surface area is 134 Å². The van der Waals surface area contributed by atoms with Gasteiger partial charge in [0.2, 0.25) is 11.8 Å². The Balaban J connectivity index is 1.74. The van der Waals surface area contributed by atoms with Crippen LogP contribution in [0.3, 0.4) is 0 Å². The molecule has 2 rings (SSSR count). The molecule has 1 unspecified atom stereocenters. The van der Waals surface area contributed by atoms with Crippen molar-refractivity contribution >= 4 is 33.3 Å². The number of hydrogen-bond acceptors (Lipinski definition) is 4. The highest BCUT2D eigenvalue weighted by Gasteiger charge is 2.28. The van der Waals surface area contributed by atoms with E-state index < -0.39 is 15.7 Å². The maximum Gasteiger partial charge on any atom is 0.239 e. The van der Waals surface area contributed by atoms with E-state index in [0.29, 0.717) is 17.0 Å². The molecule has 1 heterocycles. The van der Waals surface area contributed by atoms with Crippen molar-refractivity contribution in [3.05, 3.63) is 34.9 Å². The molecule has 1 atom stereocenters. The lowest BCUT2D eigenvalue weighted by molar-refractivity contribution is -0.126. The Bertz CT molecular complexity index is 675. The van der Waals surface area contributed by atoms with E-state index in [1.807, 2.05) is 0 Å². The number of carbonyl (C=O) groups excluding carboxylic acids is 2. The molecule has 0 radical (unpaired) electrons. The van der Waals surface area contributed by atoms with Gasteiger partial charge in [-0.25, -0.2) is 8.42 Å². The van der Waals surface area contributed by atoms with Gasteiger partial charge >= 0.3 is 0 Å². The number of halogens is 1. The third kappa shape index (κ3) is 4.99. The highest BCUT2D eigenvalue weighted by molar-refractivity contribution is 7.91. The fourth-order valence-electron chi connectivity index (χ4n) is 2.24. The summed E-state index contributed by atoms with van der Waals surface area (Å²) in [6.07, 6.45) is 0.506. The topological polar surface area (TPSA) is 92.3 Å². The predicted octanol–water partition coefficient (Wildman–Crippen LogP) is 0.302. The minimum absolute atomic E-state index is 0.0354. The Morgan fingerprint density at radius 1 is 1.23 bits per heavy atom. The van der Waals surface area contributed by atoms with Gasteiger partial charge in [0, 0.05) is 11.1 Å². The molecule has 1 aromatic rings. The molecule has 1 aromatic carbocycles. The molecule has 6 nitrogen and oxygen atoms in total. The molecule has 0 spiro atoms. The second kappa shape index (κ2) is 7.11. The lowest BCUT2D eigenvalue weighted by atomic mass is 10.1. The SMILES string of the molecule is O=C(Cc1ccccc1Cl)NCC(=O)NC1CCS(=O)(=O)C1. The summed E-state index contributed by atoms with van der Waals surface area (Å²) in [7, 11) is -3.03. The lowest BCUT2D eigenvalue weighted by Gasteiger charge is -2.11. The molecule has 0 aromatic heterocycles. The molecular formula is C14H17ClN2O4S. The van der Waals surface area contributed by atoms with Crippen molar-refractivity contribution in [1.82, 2.24) is 10.6 Å². The van der Waals surface area contributed by atoms with E-state index in [0.717, 1.165) is 0 Å². The first-order valence-electron chi connectivity index (χ1n) is 6.85. The van der Waals surface area contributed by atoms with Gasteiger partial charge in [-0.1, -0.05) is 29.8 Å². The van der Waals surface area contributed by atoms with Gasteiger partial charge in [0.15, 0.2) is 9.84 Å². The second-order valence-electron chi connectivity index (χ2n) is 5.21. The van der Waals surface area contributed by atoms with Crippen LogP contribution in [-0.2, 0) is 25.8 Å². The highest BCUT2D eigenvalue weighted by atomic mass is 35.5. The molecule has 1 aliphatic heterocycles. The summed E-state index contributed by atoms with van der Waals surface area (Å²) < 4.78 is 22.6. The van der Waals surface area contributed by atoms with E-state index in [-0.39, 0.29) is 36.4 Å². The van der Waals surface area contributed by atoms with E-state index in [1.54, 1.807) is 24.3 Å². The predicted molar refractivity (Wildman–Crippen MR) is 83.4 cm³/mol. The van der Waals surface area contributed by atoms with Crippen LogP contribution in [0.5, 0.6) is 0 Å². The van der Waals surface area contributed by atoms with E-state index >= 15 is 0 Å². The number of nitrogens with one attached hydrogen (secondary N) is 2. The molecule has 0 bridgehead atoms. The lowest BCUT2D eigenvalue weighted by Crippen LogP contribution is -2.42.